The highest BCUT2D eigenvalue weighted by molar-refractivity contribution is 5.89. The van der Waals surface area contributed by atoms with Crippen molar-refractivity contribution in [3.05, 3.63) is 59.5 Å². The van der Waals surface area contributed by atoms with Crippen molar-refractivity contribution >= 4 is 11.1 Å². The Hall–Kier alpha value is -3.02. The minimum absolute atomic E-state index is 0.323. The van der Waals surface area contributed by atoms with Crippen molar-refractivity contribution in [3.63, 3.8) is 0 Å². The number of hydrogen-bond acceptors (Lipinski definition) is 4. The number of nitrogens with zero attached hydrogens (tertiary/aromatic N) is 4. The third-order valence-corrected chi connectivity index (χ3v) is 5.02. The average molecular weight is 378 g/mol. The number of rotatable bonds is 4. The van der Waals surface area contributed by atoms with Crippen LogP contribution in [0.5, 0.6) is 0 Å². The van der Waals surface area contributed by atoms with Gasteiger partial charge in [0.25, 0.3) is 0 Å². The molecule has 0 atom stereocenters. The summed E-state index contributed by atoms with van der Waals surface area (Å²) in [5.41, 5.74) is 5.05. The molecule has 0 N–H and O–H groups in total. The molecule has 144 valence electrons. The number of para-hydroxylation sites is 2. The molecule has 0 amide bonds. The van der Waals surface area contributed by atoms with Crippen LogP contribution in [0.15, 0.2) is 40.8 Å². The summed E-state index contributed by atoms with van der Waals surface area (Å²) < 4.78 is 20.8. The molecule has 0 aliphatic rings. The number of halogens is 1. The van der Waals surface area contributed by atoms with Crippen LogP contribution in [0.4, 0.5) is 4.39 Å². The zero-order valence-electron chi connectivity index (χ0n) is 16.7. The molecule has 4 rings (SSSR count). The maximum absolute atomic E-state index is 13.7. The van der Waals surface area contributed by atoms with E-state index >= 15 is 0 Å². The number of hydrogen-bond donors (Lipinski definition) is 0. The van der Waals surface area contributed by atoms with Crippen LogP contribution in [0.3, 0.4) is 0 Å². The van der Waals surface area contributed by atoms with E-state index in [0.29, 0.717) is 34.3 Å². The first-order valence-electron chi connectivity index (χ1n) is 9.49. The van der Waals surface area contributed by atoms with Crippen molar-refractivity contribution in [1.29, 1.82) is 0 Å². The molecule has 0 saturated heterocycles. The number of aryl methyl sites for hydroxylation is 1. The van der Waals surface area contributed by atoms with Gasteiger partial charge in [-0.2, -0.15) is 4.98 Å². The van der Waals surface area contributed by atoms with Gasteiger partial charge in [-0.15, -0.1) is 14.6 Å². The minimum atomic E-state index is -0.851. The van der Waals surface area contributed by atoms with Crippen LogP contribution in [0.25, 0.3) is 28.2 Å². The number of aromatic nitrogens is 4. The summed E-state index contributed by atoms with van der Waals surface area (Å²) in [7, 11) is 0. The molecular formula is C22H23FN4O. The van der Waals surface area contributed by atoms with Gasteiger partial charge in [0, 0.05) is 5.56 Å². The Morgan fingerprint density at radius 2 is 1.57 bits per heavy atom. The number of fused-ring (bicyclic) bond motifs is 1. The van der Waals surface area contributed by atoms with Gasteiger partial charge in [-0.05, 0) is 42.0 Å². The SMILES string of the molecule is Cc1nnc(-c2cccc3oc(F)nc23)n1-c1c(C(C)C)cccc1C(C)C. The van der Waals surface area contributed by atoms with E-state index in [1.54, 1.807) is 6.07 Å². The highest BCUT2D eigenvalue weighted by Gasteiger charge is 2.23. The van der Waals surface area contributed by atoms with E-state index < -0.39 is 6.14 Å². The highest BCUT2D eigenvalue weighted by atomic mass is 19.1. The molecule has 0 aliphatic carbocycles. The van der Waals surface area contributed by atoms with Crippen molar-refractivity contribution in [3.8, 4) is 17.1 Å². The zero-order valence-corrected chi connectivity index (χ0v) is 16.7. The largest absolute Gasteiger partial charge is 0.415 e. The van der Waals surface area contributed by atoms with Crippen molar-refractivity contribution < 1.29 is 8.81 Å². The third-order valence-electron chi connectivity index (χ3n) is 5.02. The maximum atomic E-state index is 13.7. The van der Waals surface area contributed by atoms with Crippen LogP contribution in [0.1, 0.15) is 56.5 Å². The lowest BCUT2D eigenvalue weighted by atomic mass is 9.92. The predicted octanol–water partition coefficient (Wildman–Crippen LogP) is 5.77. The van der Waals surface area contributed by atoms with Crippen LogP contribution in [0.2, 0.25) is 0 Å². The molecule has 0 radical (unpaired) electrons. The lowest BCUT2D eigenvalue weighted by Gasteiger charge is -2.22. The fraction of sp³-hybridized carbons (Fsp3) is 0.318. The molecular weight excluding hydrogens is 355 g/mol. The van der Waals surface area contributed by atoms with E-state index in [1.807, 2.05) is 19.1 Å². The first kappa shape index (κ1) is 18.3. The van der Waals surface area contributed by atoms with E-state index in [4.69, 9.17) is 4.42 Å². The summed E-state index contributed by atoms with van der Waals surface area (Å²) in [6.45, 7) is 10.6. The second kappa shape index (κ2) is 6.86. The summed E-state index contributed by atoms with van der Waals surface area (Å²) in [6, 6.07) is 11.8. The monoisotopic (exact) mass is 378 g/mol. The molecule has 2 aromatic heterocycles. The predicted molar refractivity (Wildman–Crippen MR) is 107 cm³/mol. The molecule has 0 spiro atoms. The Bertz CT molecular complexity index is 1130. The van der Waals surface area contributed by atoms with Crippen LogP contribution >= 0.6 is 0 Å². The smallest absolute Gasteiger partial charge is 0.382 e. The minimum Gasteiger partial charge on any atom is -0.415 e. The van der Waals surface area contributed by atoms with Crippen LogP contribution < -0.4 is 0 Å². The van der Waals surface area contributed by atoms with E-state index in [0.717, 1.165) is 11.5 Å². The first-order chi connectivity index (χ1) is 13.4. The molecule has 0 aliphatic heterocycles. The van der Waals surface area contributed by atoms with Gasteiger partial charge in [0.15, 0.2) is 11.4 Å². The van der Waals surface area contributed by atoms with Crippen molar-refractivity contribution in [2.24, 2.45) is 0 Å². The van der Waals surface area contributed by atoms with Crippen molar-refractivity contribution in [2.45, 2.75) is 46.5 Å². The standard InChI is InChI=1S/C22H23FN4O/c1-12(2)15-8-6-9-16(13(3)4)20(15)27-14(5)25-26-21(27)17-10-7-11-18-19(17)24-22(23)28-18/h6-13H,1-5H3. The Morgan fingerprint density at radius 3 is 2.21 bits per heavy atom. The fourth-order valence-corrected chi connectivity index (χ4v) is 3.68. The summed E-state index contributed by atoms with van der Waals surface area (Å²) in [5, 5.41) is 8.78. The highest BCUT2D eigenvalue weighted by Crippen LogP contribution is 2.36. The third kappa shape index (κ3) is 2.89. The summed E-state index contributed by atoms with van der Waals surface area (Å²) >= 11 is 0. The van der Waals surface area contributed by atoms with Crippen LogP contribution in [0, 0.1) is 13.1 Å². The Morgan fingerprint density at radius 1 is 0.929 bits per heavy atom. The van der Waals surface area contributed by atoms with E-state index in [-0.39, 0.29) is 0 Å². The molecule has 4 aromatic rings. The van der Waals surface area contributed by atoms with Gasteiger partial charge >= 0.3 is 6.14 Å². The first-order valence-corrected chi connectivity index (χ1v) is 9.49. The molecule has 6 heteroatoms. The molecule has 0 bridgehead atoms. The van der Waals surface area contributed by atoms with Crippen LogP contribution in [-0.2, 0) is 0 Å². The lowest BCUT2D eigenvalue weighted by Crippen LogP contribution is -2.10. The van der Waals surface area contributed by atoms with Gasteiger partial charge < -0.3 is 4.42 Å². The second-order valence-electron chi connectivity index (χ2n) is 7.62. The van der Waals surface area contributed by atoms with Crippen molar-refractivity contribution in [1.82, 2.24) is 19.7 Å². The zero-order chi connectivity index (χ0) is 20.0. The Labute approximate surface area is 163 Å². The average Bonchev–Trinajstić information content (AvgIpc) is 3.22. The normalized spacial score (nSPS) is 11.9. The topological polar surface area (TPSA) is 56.7 Å². The lowest BCUT2D eigenvalue weighted by molar-refractivity contribution is 0.355. The summed E-state index contributed by atoms with van der Waals surface area (Å²) in [5.74, 6) is 2.05. The Balaban J connectivity index is 2.06. The quantitative estimate of drug-likeness (QED) is 0.452. The Kier molecular flexibility index (Phi) is 4.49. The number of oxazole rings is 1. The van der Waals surface area contributed by atoms with Crippen LogP contribution in [-0.4, -0.2) is 19.7 Å². The van der Waals surface area contributed by atoms with Gasteiger partial charge in [0.1, 0.15) is 11.3 Å². The summed E-state index contributed by atoms with van der Waals surface area (Å²) in [6.07, 6.45) is -0.851. The van der Waals surface area contributed by atoms with E-state index in [9.17, 15) is 4.39 Å². The second-order valence-corrected chi connectivity index (χ2v) is 7.62. The van der Waals surface area contributed by atoms with Gasteiger partial charge in [-0.3, -0.25) is 4.57 Å². The van der Waals surface area contributed by atoms with Gasteiger partial charge in [0.05, 0.1) is 5.69 Å². The van der Waals surface area contributed by atoms with Gasteiger partial charge in [0.2, 0.25) is 0 Å². The summed E-state index contributed by atoms with van der Waals surface area (Å²) in [4.78, 5) is 3.93. The van der Waals surface area contributed by atoms with E-state index in [2.05, 4.69) is 65.6 Å². The molecule has 0 unspecified atom stereocenters. The molecule has 2 aromatic carbocycles. The van der Waals surface area contributed by atoms with Crippen molar-refractivity contribution in [2.75, 3.05) is 0 Å². The van der Waals surface area contributed by atoms with E-state index in [1.165, 1.54) is 11.1 Å². The molecule has 2 heterocycles. The van der Waals surface area contributed by atoms with Gasteiger partial charge in [-0.25, -0.2) is 0 Å². The maximum Gasteiger partial charge on any atom is 0.382 e. The van der Waals surface area contributed by atoms with Gasteiger partial charge in [-0.1, -0.05) is 52.0 Å². The molecule has 5 nitrogen and oxygen atoms in total. The fourth-order valence-electron chi connectivity index (χ4n) is 3.68. The number of benzene rings is 2. The molecule has 28 heavy (non-hydrogen) atoms. The molecule has 0 saturated carbocycles. The molecule has 0 fully saturated rings.